The molecule has 3 aromatic rings. The maximum Gasteiger partial charge on any atom is 0.333 e. The number of hydrogen-bond donors (Lipinski definition) is 1. The van der Waals surface area contributed by atoms with E-state index in [1.165, 1.54) is 7.11 Å². The molecule has 1 N–H and O–H groups in total. The molecule has 0 bridgehead atoms. The molecule has 1 atom stereocenters. The molecular weight excluding hydrogens is 408 g/mol. The first-order chi connectivity index (χ1) is 15.6. The number of ether oxygens (including phenoxy) is 3. The van der Waals surface area contributed by atoms with Crippen molar-refractivity contribution in [3.63, 3.8) is 0 Å². The van der Waals surface area contributed by atoms with Crippen LogP contribution in [0.5, 0.6) is 11.5 Å². The highest BCUT2D eigenvalue weighted by molar-refractivity contribution is 6.08. The third-order valence-corrected chi connectivity index (χ3v) is 4.88. The van der Waals surface area contributed by atoms with Crippen molar-refractivity contribution >= 4 is 11.8 Å². The molecule has 0 spiro atoms. The van der Waals surface area contributed by atoms with Crippen molar-refractivity contribution in [2.75, 3.05) is 20.3 Å². The van der Waals surface area contributed by atoms with E-state index in [0.29, 0.717) is 48.7 Å². The van der Waals surface area contributed by atoms with Crippen molar-refractivity contribution in [2.24, 2.45) is 0 Å². The van der Waals surface area contributed by atoms with Crippen molar-refractivity contribution in [1.29, 1.82) is 0 Å². The average Bonchev–Trinajstić information content (AvgIpc) is 2.83. The Morgan fingerprint density at radius 2 is 1.31 bits per heavy atom. The molecule has 0 heterocycles. The van der Waals surface area contributed by atoms with E-state index in [9.17, 15) is 9.59 Å². The second-order valence-electron chi connectivity index (χ2n) is 7.18. The smallest absolute Gasteiger partial charge is 0.333 e. The molecule has 0 radical (unpaired) electrons. The minimum Gasteiger partial charge on any atom is -0.493 e. The minimum atomic E-state index is -0.981. The number of carbonyl (C=O) groups is 2. The summed E-state index contributed by atoms with van der Waals surface area (Å²) in [5, 5.41) is 9.05. The monoisotopic (exact) mass is 434 g/mol. The first-order valence-corrected chi connectivity index (χ1v) is 10.4. The van der Waals surface area contributed by atoms with Gasteiger partial charge in [0.05, 0.1) is 13.2 Å². The van der Waals surface area contributed by atoms with Gasteiger partial charge in [0.1, 0.15) is 11.5 Å². The topological polar surface area (TPSA) is 82.1 Å². The maximum atomic E-state index is 12.4. The van der Waals surface area contributed by atoms with Gasteiger partial charge in [-0.15, -0.1) is 0 Å². The zero-order chi connectivity index (χ0) is 22.8. The Morgan fingerprint density at radius 3 is 1.84 bits per heavy atom. The molecule has 0 aromatic heterocycles. The van der Waals surface area contributed by atoms with Crippen molar-refractivity contribution in [3.8, 4) is 11.5 Å². The highest BCUT2D eigenvalue weighted by Crippen LogP contribution is 2.17. The molecular formula is C26H26O6. The van der Waals surface area contributed by atoms with Gasteiger partial charge in [0.2, 0.25) is 0 Å². The standard InChI is InChI=1S/C26H26O6/c1-30-24(26(28)29)18-19-8-12-22(13-9-19)31-16-5-17-32-23-14-10-21(11-15-23)25(27)20-6-3-2-4-7-20/h2-4,6-15,24H,5,16-18H2,1H3,(H,28,29)/t24-/m0/s1. The van der Waals surface area contributed by atoms with E-state index in [2.05, 4.69) is 0 Å². The first kappa shape index (κ1) is 23.0. The minimum absolute atomic E-state index is 0.0164. The van der Waals surface area contributed by atoms with Crippen LogP contribution >= 0.6 is 0 Å². The fourth-order valence-electron chi connectivity index (χ4n) is 3.10. The molecule has 0 aliphatic carbocycles. The lowest BCUT2D eigenvalue weighted by Crippen LogP contribution is -2.24. The first-order valence-electron chi connectivity index (χ1n) is 10.4. The Balaban J connectivity index is 1.38. The van der Waals surface area contributed by atoms with Gasteiger partial charge < -0.3 is 19.3 Å². The second-order valence-corrected chi connectivity index (χ2v) is 7.18. The van der Waals surface area contributed by atoms with Crippen molar-refractivity contribution < 1.29 is 28.9 Å². The second kappa shape index (κ2) is 11.7. The third kappa shape index (κ3) is 6.68. The molecule has 6 heteroatoms. The number of methoxy groups -OCH3 is 1. The lowest BCUT2D eigenvalue weighted by Gasteiger charge is -2.11. The Hall–Kier alpha value is -3.64. The number of rotatable bonds is 12. The van der Waals surface area contributed by atoms with Gasteiger partial charge in [-0.1, -0.05) is 42.5 Å². The van der Waals surface area contributed by atoms with Crippen LogP contribution in [0.25, 0.3) is 0 Å². The van der Waals surface area contributed by atoms with E-state index in [-0.39, 0.29) is 5.78 Å². The number of carboxylic acid groups (broad SMARTS) is 1. The highest BCUT2D eigenvalue weighted by atomic mass is 16.5. The zero-order valence-corrected chi connectivity index (χ0v) is 17.9. The molecule has 0 fully saturated rings. The summed E-state index contributed by atoms with van der Waals surface area (Å²) < 4.78 is 16.4. The summed E-state index contributed by atoms with van der Waals surface area (Å²) in [6.45, 7) is 0.970. The number of ketones is 1. The summed E-state index contributed by atoms with van der Waals surface area (Å²) in [6.07, 6.45) is 0.136. The molecule has 32 heavy (non-hydrogen) atoms. The van der Waals surface area contributed by atoms with Crippen molar-refractivity contribution in [1.82, 2.24) is 0 Å². The average molecular weight is 434 g/mol. The third-order valence-electron chi connectivity index (χ3n) is 4.88. The van der Waals surface area contributed by atoms with Gasteiger partial charge in [0.15, 0.2) is 11.9 Å². The van der Waals surface area contributed by atoms with E-state index >= 15 is 0 Å². The lowest BCUT2D eigenvalue weighted by atomic mass is 10.0. The van der Waals surface area contributed by atoms with Crippen LogP contribution in [0, 0.1) is 0 Å². The van der Waals surface area contributed by atoms with Crippen LogP contribution in [-0.2, 0) is 16.0 Å². The van der Waals surface area contributed by atoms with Gasteiger partial charge in [-0.3, -0.25) is 4.79 Å². The summed E-state index contributed by atoms with van der Waals surface area (Å²) in [5.41, 5.74) is 2.14. The number of aliphatic carboxylic acids is 1. The molecule has 6 nitrogen and oxygen atoms in total. The fraction of sp³-hybridized carbons (Fsp3) is 0.231. The summed E-state index contributed by atoms with van der Waals surface area (Å²) in [6, 6.07) is 23.6. The van der Waals surface area contributed by atoms with Crippen LogP contribution in [0.3, 0.4) is 0 Å². The molecule has 0 aliphatic rings. The zero-order valence-electron chi connectivity index (χ0n) is 17.9. The van der Waals surface area contributed by atoms with Gasteiger partial charge >= 0.3 is 5.97 Å². The molecule has 3 aromatic carbocycles. The van der Waals surface area contributed by atoms with E-state index in [0.717, 1.165) is 5.56 Å². The van der Waals surface area contributed by atoms with Gasteiger partial charge in [0.25, 0.3) is 0 Å². The predicted molar refractivity (Wildman–Crippen MR) is 121 cm³/mol. The SMILES string of the molecule is CO[C@@H](Cc1ccc(OCCCOc2ccc(C(=O)c3ccccc3)cc2)cc1)C(=O)O. The van der Waals surface area contributed by atoms with Gasteiger partial charge in [-0.05, 0) is 42.0 Å². The Bertz CT molecular complexity index is 997. The normalized spacial score (nSPS) is 11.5. The van der Waals surface area contributed by atoms with E-state index in [1.54, 1.807) is 36.4 Å². The van der Waals surface area contributed by atoms with Crippen LogP contribution in [0.15, 0.2) is 78.9 Å². The number of carboxylic acids is 1. The van der Waals surface area contributed by atoms with Crippen LogP contribution in [-0.4, -0.2) is 43.3 Å². The summed E-state index contributed by atoms with van der Waals surface area (Å²) in [5.74, 6) is 0.412. The number of hydrogen-bond acceptors (Lipinski definition) is 5. The van der Waals surface area contributed by atoms with E-state index in [1.807, 2.05) is 42.5 Å². The highest BCUT2D eigenvalue weighted by Gasteiger charge is 2.16. The van der Waals surface area contributed by atoms with Gasteiger partial charge in [-0.2, -0.15) is 0 Å². The maximum absolute atomic E-state index is 12.4. The molecule has 0 aliphatic heterocycles. The fourth-order valence-corrected chi connectivity index (χ4v) is 3.10. The van der Waals surface area contributed by atoms with Crippen molar-refractivity contribution in [2.45, 2.75) is 18.9 Å². The molecule has 0 unspecified atom stereocenters. The van der Waals surface area contributed by atoms with Gasteiger partial charge in [0, 0.05) is 31.1 Å². The van der Waals surface area contributed by atoms with E-state index in [4.69, 9.17) is 19.3 Å². The Labute approximate surface area is 187 Å². The predicted octanol–water partition coefficient (Wildman–Crippen LogP) is 4.41. The number of carbonyl (C=O) groups excluding carboxylic acids is 1. The summed E-state index contributed by atoms with van der Waals surface area (Å²) >= 11 is 0. The molecule has 166 valence electrons. The quantitative estimate of drug-likeness (QED) is 0.336. The molecule has 0 saturated heterocycles. The van der Waals surface area contributed by atoms with Crippen molar-refractivity contribution in [3.05, 3.63) is 95.6 Å². The van der Waals surface area contributed by atoms with Crippen LogP contribution in [0.2, 0.25) is 0 Å². The van der Waals surface area contributed by atoms with Crippen LogP contribution in [0.1, 0.15) is 27.9 Å². The molecule has 0 saturated carbocycles. The summed E-state index contributed by atoms with van der Waals surface area (Å²) in [4.78, 5) is 23.5. The van der Waals surface area contributed by atoms with Crippen LogP contribution < -0.4 is 9.47 Å². The molecule has 3 rings (SSSR count). The largest absolute Gasteiger partial charge is 0.493 e. The lowest BCUT2D eigenvalue weighted by molar-refractivity contribution is -0.148. The van der Waals surface area contributed by atoms with Crippen LogP contribution in [0.4, 0.5) is 0 Å². The van der Waals surface area contributed by atoms with E-state index < -0.39 is 12.1 Å². The summed E-state index contributed by atoms with van der Waals surface area (Å²) in [7, 11) is 1.39. The Kier molecular flexibility index (Phi) is 8.40. The van der Waals surface area contributed by atoms with Gasteiger partial charge in [-0.25, -0.2) is 4.79 Å². The Morgan fingerprint density at radius 1 is 0.781 bits per heavy atom. The number of benzene rings is 3. The molecule has 0 amide bonds.